The van der Waals surface area contributed by atoms with Crippen molar-refractivity contribution in [2.24, 2.45) is 0 Å². The maximum Gasteiger partial charge on any atom is 0.273 e. The summed E-state index contributed by atoms with van der Waals surface area (Å²) in [6, 6.07) is 15.9. The van der Waals surface area contributed by atoms with E-state index in [0.29, 0.717) is 11.5 Å². The topological polar surface area (TPSA) is 55.1 Å². The van der Waals surface area contributed by atoms with Crippen molar-refractivity contribution >= 4 is 16.7 Å². The van der Waals surface area contributed by atoms with E-state index in [1.807, 2.05) is 25.1 Å². The summed E-state index contributed by atoms with van der Waals surface area (Å²) in [5.74, 6) is 0.394. The van der Waals surface area contributed by atoms with Crippen LogP contribution in [-0.4, -0.2) is 11.1 Å². The summed E-state index contributed by atoms with van der Waals surface area (Å²) >= 11 is 0. The highest BCUT2D eigenvalue weighted by atomic mass is 16.5. The first-order valence-corrected chi connectivity index (χ1v) is 6.86. The zero-order valence-corrected chi connectivity index (χ0v) is 12.0. The average Bonchev–Trinajstić information content (AvgIpc) is 2.93. The van der Waals surface area contributed by atoms with Crippen molar-refractivity contribution in [1.29, 1.82) is 0 Å². The van der Waals surface area contributed by atoms with Gasteiger partial charge in [-0.15, -0.1) is 0 Å². The van der Waals surface area contributed by atoms with Crippen LogP contribution in [0.4, 0.5) is 0 Å². The summed E-state index contributed by atoms with van der Waals surface area (Å²) in [7, 11) is 0. The molecule has 1 heterocycles. The van der Waals surface area contributed by atoms with Gasteiger partial charge in [-0.1, -0.05) is 41.6 Å². The van der Waals surface area contributed by atoms with Crippen molar-refractivity contribution in [3.05, 3.63) is 65.5 Å². The van der Waals surface area contributed by atoms with E-state index in [1.54, 1.807) is 13.0 Å². The predicted octanol–water partition coefficient (Wildman–Crippen LogP) is 3.63. The molecule has 1 unspecified atom stereocenters. The number of fused-ring (bicyclic) bond motifs is 1. The molecule has 4 heteroatoms. The van der Waals surface area contributed by atoms with Crippen molar-refractivity contribution in [2.75, 3.05) is 0 Å². The predicted molar refractivity (Wildman–Crippen MR) is 81.1 cm³/mol. The number of carbonyl (C=O) groups excluding carboxylic acids is 1. The summed E-state index contributed by atoms with van der Waals surface area (Å²) in [6.07, 6.45) is 0. The zero-order valence-electron chi connectivity index (χ0n) is 12.0. The third-order valence-electron chi connectivity index (χ3n) is 3.48. The Morgan fingerprint density at radius 1 is 1.14 bits per heavy atom. The minimum Gasteiger partial charge on any atom is -0.361 e. The van der Waals surface area contributed by atoms with E-state index in [2.05, 4.69) is 34.7 Å². The maximum atomic E-state index is 12.1. The second kappa shape index (κ2) is 5.40. The minimum atomic E-state index is -0.229. The number of hydrogen-bond donors (Lipinski definition) is 1. The van der Waals surface area contributed by atoms with Gasteiger partial charge in [-0.3, -0.25) is 4.79 Å². The normalized spacial score (nSPS) is 12.3. The Morgan fingerprint density at radius 2 is 1.90 bits per heavy atom. The van der Waals surface area contributed by atoms with Gasteiger partial charge in [0.1, 0.15) is 5.76 Å². The molecule has 0 aliphatic heterocycles. The Hall–Kier alpha value is -2.62. The molecule has 0 aliphatic carbocycles. The quantitative estimate of drug-likeness (QED) is 0.797. The van der Waals surface area contributed by atoms with Crippen LogP contribution in [0.3, 0.4) is 0 Å². The number of nitrogens with zero attached hydrogens (tertiary/aromatic N) is 1. The lowest BCUT2D eigenvalue weighted by Gasteiger charge is -2.14. The van der Waals surface area contributed by atoms with E-state index < -0.39 is 0 Å². The average molecular weight is 280 g/mol. The number of hydrogen-bond acceptors (Lipinski definition) is 3. The van der Waals surface area contributed by atoms with Crippen LogP contribution in [-0.2, 0) is 0 Å². The number of nitrogens with one attached hydrogen (secondary N) is 1. The number of benzene rings is 2. The fourth-order valence-electron chi connectivity index (χ4n) is 2.30. The molecular weight excluding hydrogens is 264 g/mol. The second-order valence-electron chi connectivity index (χ2n) is 5.12. The highest BCUT2D eigenvalue weighted by molar-refractivity contribution is 5.92. The lowest BCUT2D eigenvalue weighted by atomic mass is 10.0. The lowest BCUT2D eigenvalue weighted by Crippen LogP contribution is -2.26. The van der Waals surface area contributed by atoms with Gasteiger partial charge in [-0.25, -0.2) is 0 Å². The van der Waals surface area contributed by atoms with Crippen LogP contribution in [0.5, 0.6) is 0 Å². The van der Waals surface area contributed by atoms with Gasteiger partial charge in [0.05, 0.1) is 6.04 Å². The first kappa shape index (κ1) is 13.4. The van der Waals surface area contributed by atoms with Crippen LogP contribution in [0.2, 0.25) is 0 Å². The SMILES string of the molecule is Cc1cc(C(=O)NC(C)c2ccc3ccccc3c2)no1. The van der Waals surface area contributed by atoms with Gasteiger partial charge >= 0.3 is 0 Å². The van der Waals surface area contributed by atoms with E-state index in [9.17, 15) is 4.79 Å². The van der Waals surface area contributed by atoms with Crippen LogP contribution in [0, 0.1) is 6.92 Å². The standard InChI is InChI=1S/C17H16N2O2/c1-11-9-16(19-21-11)17(20)18-12(2)14-8-7-13-5-3-4-6-15(13)10-14/h3-10,12H,1-2H3,(H,18,20). The van der Waals surface area contributed by atoms with Crippen LogP contribution >= 0.6 is 0 Å². The molecule has 106 valence electrons. The largest absolute Gasteiger partial charge is 0.361 e. The Bertz CT molecular complexity index is 792. The molecule has 0 spiro atoms. The van der Waals surface area contributed by atoms with E-state index in [-0.39, 0.29) is 11.9 Å². The number of aromatic nitrogens is 1. The molecule has 2 aromatic carbocycles. The highest BCUT2D eigenvalue weighted by Crippen LogP contribution is 2.20. The summed E-state index contributed by atoms with van der Waals surface area (Å²) in [5, 5.41) is 9.00. The summed E-state index contributed by atoms with van der Waals surface area (Å²) in [6.45, 7) is 3.71. The third-order valence-corrected chi connectivity index (χ3v) is 3.48. The van der Waals surface area contributed by atoms with Crippen LogP contribution in [0.15, 0.2) is 53.1 Å². The first-order chi connectivity index (χ1) is 10.1. The number of aryl methyl sites for hydroxylation is 1. The van der Waals surface area contributed by atoms with Crippen molar-refractivity contribution in [1.82, 2.24) is 10.5 Å². The third kappa shape index (κ3) is 2.79. The molecule has 3 aromatic rings. The van der Waals surface area contributed by atoms with Crippen molar-refractivity contribution in [2.45, 2.75) is 19.9 Å². The Labute approximate surface area is 122 Å². The molecule has 0 bridgehead atoms. The second-order valence-corrected chi connectivity index (χ2v) is 5.12. The van der Waals surface area contributed by atoms with Gasteiger partial charge in [-0.2, -0.15) is 0 Å². The molecule has 1 amide bonds. The van der Waals surface area contributed by atoms with E-state index >= 15 is 0 Å². The van der Waals surface area contributed by atoms with Gasteiger partial charge in [0.25, 0.3) is 5.91 Å². The number of rotatable bonds is 3. The number of amides is 1. The van der Waals surface area contributed by atoms with Crippen LogP contribution in [0.25, 0.3) is 10.8 Å². The molecule has 0 fully saturated rings. The highest BCUT2D eigenvalue weighted by Gasteiger charge is 2.15. The van der Waals surface area contributed by atoms with Gasteiger partial charge in [-0.05, 0) is 36.2 Å². The molecule has 21 heavy (non-hydrogen) atoms. The summed E-state index contributed by atoms with van der Waals surface area (Å²) in [4.78, 5) is 12.1. The molecule has 0 aliphatic rings. The van der Waals surface area contributed by atoms with Crippen molar-refractivity contribution in [3.63, 3.8) is 0 Å². The fourth-order valence-corrected chi connectivity index (χ4v) is 2.30. The van der Waals surface area contributed by atoms with Crippen LogP contribution in [0.1, 0.15) is 34.8 Å². The molecule has 0 saturated carbocycles. The Balaban J connectivity index is 1.80. The zero-order chi connectivity index (χ0) is 14.8. The fraction of sp³-hybridized carbons (Fsp3) is 0.176. The summed E-state index contributed by atoms with van der Waals surface area (Å²) < 4.78 is 4.92. The van der Waals surface area contributed by atoms with Gasteiger partial charge in [0, 0.05) is 6.07 Å². The van der Waals surface area contributed by atoms with Crippen molar-refractivity contribution < 1.29 is 9.32 Å². The molecular formula is C17H16N2O2. The molecule has 3 rings (SSSR count). The lowest BCUT2D eigenvalue weighted by molar-refractivity contribution is 0.0930. The first-order valence-electron chi connectivity index (χ1n) is 6.86. The Morgan fingerprint density at radius 3 is 2.62 bits per heavy atom. The van der Waals surface area contributed by atoms with E-state index in [1.165, 1.54) is 5.39 Å². The Kier molecular flexibility index (Phi) is 3.44. The smallest absolute Gasteiger partial charge is 0.273 e. The monoisotopic (exact) mass is 280 g/mol. The molecule has 4 nitrogen and oxygen atoms in total. The maximum absolute atomic E-state index is 12.1. The van der Waals surface area contributed by atoms with Crippen molar-refractivity contribution in [3.8, 4) is 0 Å². The molecule has 1 atom stereocenters. The molecule has 1 aromatic heterocycles. The molecule has 1 N–H and O–H groups in total. The van der Waals surface area contributed by atoms with E-state index in [0.717, 1.165) is 10.9 Å². The minimum absolute atomic E-state index is 0.0980. The van der Waals surface area contributed by atoms with Crippen LogP contribution < -0.4 is 5.32 Å². The summed E-state index contributed by atoms with van der Waals surface area (Å²) in [5.41, 5.74) is 1.36. The van der Waals surface area contributed by atoms with Gasteiger partial charge < -0.3 is 9.84 Å². The molecule has 0 radical (unpaired) electrons. The molecule has 0 saturated heterocycles. The van der Waals surface area contributed by atoms with Gasteiger partial charge in [0.2, 0.25) is 0 Å². The number of carbonyl (C=O) groups is 1. The van der Waals surface area contributed by atoms with E-state index in [4.69, 9.17) is 4.52 Å². The van der Waals surface area contributed by atoms with Gasteiger partial charge in [0.15, 0.2) is 5.69 Å².